The molecule has 1 aromatic carbocycles. The van der Waals surface area contributed by atoms with Crippen LogP contribution in [0.4, 0.5) is 4.39 Å². The van der Waals surface area contributed by atoms with Crippen molar-refractivity contribution in [2.45, 2.75) is 26.4 Å². The first-order chi connectivity index (χ1) is 8.33. The van der Waals surface area contributed by atoms with Gasteiger partial charge in [-0.2, -0.15) is 0 Å². The lowest BCUT2D eigenvalue weighted by atomic mass is 9.82. The third-order valence-electron chi connectivity index (χ3n) is 3.65. The first-order valence-electron chi connectivity index (χ1n) is 6.11. The molecule has 0 bridgehead atoms. The number of likely N-dealkylation sites (tertiary alicyclic amines) is 1. The van der Waals surface area contributed by atoms with Crippen LogP contribution in [0.1, 0.15) is 29.8 Å². The minimum absolute atomic E-state index is 0.0754. The second-order valence-corrected chi connectivity index (χ2v) is 5.40. The van der Waals surface area contributed by atoms with Crippen LogP contribution in [-0.2, 0) is 0 Å². The molecule has 0 aliphatic carbocycles. The number of aliphatic hydroxyl groups is 1. The molecule has 3 nitrogen and oxygen atoms in total. The van der Waals surface area contributed by atoms with Gasteiger partial charge in [-0.1, -0.05) is 19.9 Å². The maximum atomic E-state index is 13.7. The first kappa shape index (κ1) is 13.0. The molecule has 1 fully saturated rings. The molecule has 98 valence electrons. The summed E-state index contributed by atoms with van der Waals surface area (Å²) in [6.45, 7) is 6.15. The Balaban J connectivity index is 2.11. The molecular formula is C14H18FNO2. The summed E-state index contributed by atoms with van der Waals surface area (Å²) >= 11 is 0. The molecule has 1 amide bonds. The highest BCUT2D eigenvalue weighted by Gasteiger charge is 2.46. The van der Waals surface area contributed by atoms with Crippen LogP contribution in [-0.4, -0.2) is 34.6 Å². The summed E-state index contributed by atoms with van der Waals surface area (Å²) in [5.74, 6) is -0.762. The van der Waals surface area contributed by atoms with E-state index in [1.165, 1.54) is 17.0 Å². The molecule has 4 heteroatoms. The topological polar surface area (TPSA) is 40.5 Å². The number of rotatable bonds is 2. The van der Waals surface area contributed by atoms with Gasteiger partial charge < -0.3 is 10.0 Å². The molecule has 2 rings (SSSR count). The lowest BCUT2D eigenvalue weighted by Crippen LogP contribution is -2.66. The molecule has 1 aromatic rings. The number of halogens is 1. The summed E-state index contributed by atoms with van der Waals surface area (Å²) in [6.07, 6.45) is 0. The van der Waals surface area contributed by atoms with Crippen LogP contribution in [0.15, 0.2) is 18.2 Å². The zero-order valence-corrected chi connectivity index (χ0v) is 10.9. The van der Waals surface area contributed by atoms with Crippen molar-refractivity contribution < 1.29 is 14.3 Å². The van der Waals surface area contributed by atoms with Gasteiger partial charge in [0.15, 0.2) is 0 Å². The largest absolute Gasteiger partial charge is 0.386 e. The van der Waals surface area contributed by atoms with E-state index in [0.717, 1.165) is 5.56 Å². The van der Waals surface area contributed by atoms with Crippen molar-refractivity contribution >= 4 is 5.91 Å². The Labute approximate surface area is 106 Å². The first-order valence-corrected chi connectivity index (χ1v) is 6.11. The van der Waals surface area contributed by atoms with Gasteiger partial charge in [0.05, 0.1) is 18.7 Å². The van der Waals surface area contributed by atoms with Gasteiger partial charge in [0, 0.05) is 0 Å². The Morgan fingerprint density at radius 1 is 1.44 bits per heavy atom. The summed E-state index contributed by atoms with van der Waals surface area (Å²) in [4.78, 5) is 13.5. The summed E-state index contributed by atoms with van der Waals surface area (Å²) in [6, 6.07) is 4.56. The lowest BCUT2D eigenvalue weighted by Gasteiger charge is -2.49. The van der Waals surface area contributed by atoms with Crippen molar-refractivity contribution in [1.29, 1.82) is 0 Å². The minimum Gasteiger partial charge on any atom is -0.386 e. The predicted molar refractivity (Wildman–Crippen MR) is 66.8 cm³/mol. The van der Waals surface area contributed by atoms with Gasteiger partial charge in [-0.3, -0.25) is 4.79 Å². The molecule has 0 radical (unpaired) electrons. The molecule has 0 spiro atoms. The van der Waals surface area contributed by atoms with E-state index >= 15 is 0 Å². The lowest BCUT2D eigenvalue weighted by molar-refractivity contribution is -0.111. The van der Waals surface area contributed by atoms with Crippen molar-refractivity contribution in [2.75, 3.05) is 13.1 Å². The number of aryl methyl sites for hydroxylation is 1. The highest BCUT2D eigenvalue weighted by atomic mass is 19.1. The summed E-state index contributed by atoms with van der Waals surface area (Å²) in [5.41, 5.74) is 0.0364. The average Bonchev–Trinajstić information content (AvgIpc) is 2.23. The van der Waals surface area contributed by atoms with Gasteiger partial charge in [-0.05, 0) is 30.5 Å². The van der Waals surface area contributed by atoms with Crippen LogP contribution in [0, 0.1) is 18.7 Å². The third-order valence-corrected chi connectivity index (χ3v) is 3.65. The van der Waals surface area contributed by atoms with Crippen molar-refractivity contribution in [3.05, 3.63) is 35.1 Å². The molecule has 1 heterocycles. The minimum atomic E-state index is -0.823. The molecular weight excluding hydrogens is 233 g/mol. The van der Waals surface area contributed by atoms with Crippen molar-refractivity contribution in [3.8, 4) is 0 Å². The van der Waals surface area contributed by atoms with E-state index in [1.807, 2.05) is 13.8 Å². The number of nitrogens with zero attached hydrogens (tertiary/aromatic N) is 1. The Morgan fingerprint density at radius 3 is 2.56 bits per heavy atom. The van der Waals surface area contributed by atoms with Gasteiger partial charge in [-0.25, -0.2) is 4.39 Å². The van der Waals surface area contributed by atoms with Gasteiger partial charge in [-0.15, -0.1) is 0 Å². The molecule has 0 saturated carbocycles. The SMILES string of the molecule is Cc1ccc(C(=O)N2CC(O)(C(C)C)C2)c(F)c1. The van der Waals surface area contributed by atoms with Gasteiger partial charge in [0.1, 0.15) is 11.4 Å². The zero-order valence-electron chi connectivity index (χ0n) is 10.9. The highest BCUT2D eigenvalue weighted by Crippen LogP contribution is 2.30. The van der Waals surface area contributed by atoms with E-state index in [4.69, 9.17) is 0 Å². The number of hydrogen-bond acceptors (Lipinski definition) is 2. The standard InChI is InChI=1S/C14H18FNO2/c1-9(2)14(18)7-16(8-14)13(17)11-5-4-10(3)6-12(11)15/h4-6,9,18H,7-8H2,1-3H3. The maximum Gasteiger partial charge on any atom is 0.257 e. The smallest absolute Gasteiger partial charge is 0.257 e. The summed E-state index contributed by atoms with van der Waals surface area (Å²) in [5, 5.41) is 10.1. The van der Waals surface area contributed by atoms with Gasteiger partial charge in [0.2, 0.25) is 0 Å². The Morgan fingerprint density at radius 2 is 2.06 bits per heavy atom. The Kier molecular flexibility index (Phi) is 3.15. The van der Waals surface area contributed by atoms with Crippen LogP contribution >= 0.6 is 0 Å². The monoisotopic (exact) mass is 251 g/mol. The van der Waals surface area contributed by atoms with Crippen LogP contribution in [0.3, 0.4) is 0 Å². The zero-order chi connectivity index (χ0) is 13.5. The molecule has 1 aliphatic heterocycles. The highest BCUT2D eigenvalue weighted by molar-refractivity contribution is 5.95. The second-order valence-electron chi connectivity index (χ2n) is 5.40. The van der Waals surface area contributed by atoms with Gasteiger partial charge >= 0.3 is 0 Å². The van der Waals surface area contributed by atoms with E-state index in [9.17, 15) is 14.3 Å². The molecule has 18 heavy (non-hydrogen) atoms. The van der Waals surface area contributed by atoms with E-state index in [0.29, 0.717) is 0 Å². The van der Waals surface area contributed by atoms with E-state index in [2.05, 4.69) is 0 Å². The molecule has 0 aromatic heterocycles. The molecule has 1 aliphatic rings. The van der Waals surface area contributed by atoms with Crippen LogP contribution in [0.25, 0.3) is 0 Å². The fraction of sp³-hybridized carbons (Fsp3) is 0.500. The molecule has 1 saturated heterocycles. The number of β-amino-alcohol motifs (C(OH)–C–C–N with tert-alkyl or cyclic N) is 1. The molecule has 0 unspecified atom stereocenters. The maximum absolute atomic E-state index is 13.7. The number of carbonyl (C=O) groups is 1. The van der Waals surface area contributed by atoms with E-state index < -0.39 is 11.4 Å². The predicted octanol–water partition coefficient (Wildman–Crippen LogP) is 1.98. The second kappa shape index (κ2) is 4.35. The fourth-order valence-electron chi connectivity index (χ4n) is 2.09. The Bertz CT molecular complexity index is 479. The van der Waals surface area contributed by atoms with Crippen LogP contribution in [0.2, 0.25) is 0 Å². The number of hydrogen-bond donors (Lipinski definition) is 1. The van der Waals surface area contributed by atoms with Crippen molar-refractivity contribution in [1.82, 2.24) is 4.90 Å². The van der Waals surface area contributed by atoms with Crippen molar-refractivity contribution in [3.63, 3.8) is 0 Å². The number of carbonyl (C=O) groups excluding carboxylic acids is 1. The van der Waals surface area contributed by atoms with Crippen LogP contribution in [0.5, 0.6) is 0 Å². The average molecular weight is 251 g/mol. The van der Waals surface area contributed by atoms with Crippen LogP contribution < -0.4 is 0 Å². The quantitative estimate of drug-likeness (QED) is 0.873. The summed E-state index contributed by atoms with van der Waals surface area (Å²) < 4.78 is 13.7. The summed E-state index contributed by atoms with van der Waals surface area (Å²) in [7, 11) is 0. The Hall–Kier alpha value is -1.42. The normalized spacial score (nSPS) is 17.8. The van der Waals surface area contributed by atoms with E-state index in [1.54, 1.807) is 13.0 Å². The number of amides is 1. The fourth-order valence-corrected chi connectivity index (χ4v) is 2.09. The molecule has 1 N–H and O–H groups in total. The van der Waals surface area contributed by atoms with Gasteiger partial charge in [0.25, 0.3) is 5.91 Å². The number of benzene rings is 1. The van der Waals surface area contributed by atoms with Crippen molar-refractivity contribution in [2.24, 2.45) is 5.92 Å². The molecule has 0 atom stereocenters. The van der Waals surface area contributed by atoms with E-state index in [-0.39, 0.29) is 30.5 Å². The third kappa shape index (κ3) is 2.12.